The van der Waals surface area contributed by atoms with Gasteiger partial charge in [-0.15, -0.1) is 0 Å². The Morgan fingerprint density at radius 3 is 2.67 bits per heavy atom. The maximum Gasteiger partial charge on any atom is 0.326 e. The van der Waals surface area contributed by atoms with Crippen molar-refractivity contribution in [3.8, 4) is 0 Å². The lowest BCUT2D eigenvalue weighted by atomic mass is 10.1. The molecule has 3 rings (SSSR count). The van der Waals surface area contributed by atoms with Crippen molar-refractivity contribution in [1.29, 1.82) is 0 Å². The van der Waals surface area contributed by atoms with Gasteiger partial charge in [-0.2, -0.15) is 0 Å². The van der Waals surface area contributed by atoms with Crippen molar-refractivity contribution >= 4 is 46.5 Å². The average molecular weight is 391 g/mol. The monoisotopic (exact) mass is 390 g/mol. The summed E-state index contributed by atoms with van der Waals surface area (Å²) in [6.45, 7) is -1.22. The smallest absolute Gasteiger partial charge is 0.326 e. The Bertz CT molecular complexity index is 963. The van der Waals surface area contributed by atoms with Gasteiger partial charge in [-0.25, -0.2) is 4.39 Å². The highest BCUT2D eigenvalue weighted by atomic mass is 35.5. The van der Waals surface area contributed by atoms with Gasteiger partial charge in [0.2, 0.25) is 0 Å². The summed E-state index contributed by atoms with van der Waals surface area (Å²) in [7, 11) is 0. The summed E-state index contributed by atoms with van der Waals surface area (Å²) < 4.78 is 18.4. The number of rotatable bonds is 5. The van der Waals surface area contributed by atoms with Gasteiger partial charge in [-0.05, 0) is 30.3 Å². The molecule has 0 aromatic heterocycles. The number of esters is 1. The highest BCUT2D eigenvalue weighted by Gasteiger charge is 2.36. The van der Waals surface area contributed by atoms with Crippen LogP contribution in [0.4, 0.5) is 15.8 Å². The second-order valence-corrected chi connectivity index (χ2v) is 6.01. The molecule has 7 nitrogen and oxygen atoms in total. The van der Waals surface area contributed by atoms with Crippen molar-refractivity contribution in [2.75, 3.05) is 23.4 Å². The summed E-state index contributed by atoms with van der Waals surface area (Å²) in [4.78, 5) is 48.6. The van der Waals surface area contributed by atoms with Crippen molar-refractivity contribution in [1.82, 2.24) is 0 Å². The van der Waals surface area contributed by atoms with Gasteiger partial charge in [0.1, 0.15) is 12.4 Å². The van der Waals surface area contributed by atoms with Crippen LogP contribution in [0.2, 0.25) is 5.02 Å². The number of para-hydroxylation sites is 1. The summed E-state index contributed by atoms with van der Waals surface area (Å²) in [6, 6.07) is 9.84. The van der Waals surface area contributed by atoms with Crippen molar-refractivity contribution < 1.29 is 28.3 Å². The standard InChI is InChI=1S/C18H12ClFN2O5/c19-10-5-6-12(20)13(7-10)21-15(23)9-27-16(24)8-22-14-4-2-1-3-11(14)17(25)18(22)26/h1-7H,8-9H2,(H,21,23). The molecule has 9 heteroatoms. The molecule has 0 saturated heterocycles. The van der Waals surface area contributed by atoms with Crippen LogP contribution < -0.4 is 10.2 Å². The van der Waals surface area contributed by atoms with Gasteiger partial charge in [0.05, 0.1) is 16.9 Å². The fourth-order valence-corrected chi connectivity index (χ4v) is 2.68. The van der Waals surface area contributed by atoms with Gasteiger partial charge in [0.25, 0.3) is 17.6 Å². The third-order valence-electron chi connectivity index (χ3n) is 3.73. The molecule has 0 unspecified atom stereocenters. The van der Waals surface area contributed by atoms with E-state index in [-0.39, 0.29) is 16.3 Å². The lowest BCUT2D eigenvalue weighted by molar-refractivity contribution is -0.146. The Hall–Kier alpha value is -3.26. The zero-order valence-electron chi connectivity index (χ0n) is 13.7. The van der Waals surface area contributed by atoms with Gasteiger partial charge in [-0.1, -0.05) is 23.7 Å². The molecule has 2 aromatic carbocycles. The van der Waals surface area contributed by atoms with Gasteiger partial charge in [-0.3, -0.25) is 24.1 Å². The first-order valence-corrected chi connectivity index (χ1v) is 8.10. The predicted octanol–water partition coefficient (Wildman–Crippen LogP) is 2.19. The minimum atomic E-state index is -0.894. The molecule has 1 N–H and O–H groups in total. The van der Waals surface area contributed by atoms with Crippen LogP contribution in [-0.2, 0) is 19.1 Å². The van der Waals surface area contributed by atoms with Crippen LogP contribution in [0.1, 0.15) is 10.4 Å². The molecule has 1 heterocycles. The number of hydrogen-bond donors (Lipinski definition) is 1. The number of fused-ring (bicyclic) bond motifs is 1. The molecule has 0 radical (unpaired) electrons. The first kappa shape index (κ1) is 18.5. The van der Waals surface area contributed by atoms with E-state index in [1.165, 1.54) is 24.3 Å². The van der Waals surface area contributed by atoms with Crippen molar-refractivity contribution in [3.05, 3.63) is 58.9 Å². The minimum Gasteiger partial charge on any atom is -0.454 e. The van der Waals surface area contributed by atoms with Gasteiger partial charge in [0, 0.05) is 5.02 Å². The van der Waals surface area contributed by atoms with Crippen molar-refractivity contribution in [3.63, 3.8) is 0 Å². The maximum absolute atomic E-state index is 13.6. The highest BCUT2D eigenvalue weighted by molar-refractivity contribution is 6.52. The number of hydrogen-bond acceptors (Lipinski definition) is 5. The number of anilines is 2. The Labute approximate surface area is 157 Å². The predicted molar refractivity (Wildman–Crippen MR) is 94.1 cm³/mol. The van der Waals surface area contributed by atoms with Gasteiger partial charge >= 0.3 is 5.97 Å². The highest BCUT2D eigenvalue weighted by Crippen LogP contribution is 2.28. The molecule has 2 amide bonds. The summed E-state index contributed by atoms with van der Waals surface area (Å²) >= 11 is 5.72. The molecule has 1 aliphatic rings. The van der Waals surface area contributed by atoms with Crippen LogP contribution in [0, 0.1) is 5.82 Å². The van der Waals surface area contributed by atoms with Crippen LogP contribution in [0.5, 0.6) is 0 Å². The third-order valence-corrected chi connectivity index (χ3v) is 3.97. The Kier molecular flexibility index (Phi) is 5.18. The van der Waals surface area contributed by atoms with E-state index in [4.69, 9.17) is 16.3 Å². The lowest BCUT2D eigenvalue weighted by Crippen LogP contribution is -2.36. The van der Waals surface area contributed by atoms with Crippen LogP contribution >= 0.6 is 11.6 Å². The molecular weight excluding hydrogens is 379 g/mol. The maximum atomic E-state index is 13.6. The Morgan fingerprint density at radius 2 is 1.89 bits per heavy atom. The van der Waals surface area contributed by atoms with E-state index in [9.17, 15) is 23.6 Å². The normalized spacial score (nSPS) is 12.7. The van der Waals surface area contributed by atoms with Crippen molar-refractivity contribution in [2.45, 2.75) is 0 Å². The quantitative estimate of drug-likeness (QED) is 0.624. The summed E-state index contributed by atoms with van der Waals surface area (Å²) in [5.74, 6) is -3.94. The Balaban J connectivity index is 1.57. The first-order valence-electron chi connectivity index (χ1n) is 7.72. The van der Waals surface area contributed by atoms with Crippen molar-refractivity contribution in [2.24, 2.45) is 0 Å². The number of Topliss-reactive ketones (excluding diaryl/α,β-unsaturated/α-hetero) is 1. The molecule has 0 aliphatic carbocycles. The van der Waals surface area contributed by atoms with Gasteiger partial charge < -0.3 is 10.1 Å². The zero-order valence-corrected chi connectivity index (χ0v) is 14.5. The second-order valence-electron chi connectivity index (χ2n) is 5.57. The third kappa shape index (κ3) is 3.95. The fourth-order valence-electron chi connectivity index (χ4n) is 2.51. The topological polar surface area (TPSA) is 92.8 Å². The summed E-state index contributed by atoms with van der Waals surface area (Å²) in [5.41, 5.74) is 0.345. The van der Waals surface area contributed by atoms with Gasteiger partial charge in [0.15, 0.2) is 6.61 Å². The lowest BCUT2D eigenvalue weighted by Gasteiger charge is -2.15. The minimum absolute atomic E-state index is 0.155. The second kappa shape index (κ2) is 7.55. The molecule has 0 spiro atoms. The molecule has 138 valence electrons. The summed E-state index contributed by atoms with van der Waals surface area (Å²) in [6.07, 6.45) is 0. The van der Waals surface area contributed by atoms with E-state index in [0.29, 0.717) is 5.69 Å². The number of nitrogens with one attached hydrogen (secondary N) is 1. The van der Waals surface area contributed by atoms with E-state index < -0.39 is 42.5 Å². The number of halogens is 2. The molecular formula is C18H12ClFN2O5. The molecule has 0 atom stereocenters. The first-order chi connectivity index (χ1) is 12.9. The van der Waals surface area contributed by atoms with Crippen LogP contribution in [-0.4, -0.2) is 36.7 Å². The molecule has 0 saturated carbocycles. The molecule has 2 aromatic rings. The van der Waals surface area contributed by atoms with E-state index in [1.807, 2.05) is 0 Å². The molecule has 27 heavy (non-hydrogen) atoms. The van der Waals surface area contributed by atoms with E-state index in [1.54, 1.807) is 12.1 Å². The summed E-state index contributed by atoms with van der Waals surface area (Å²) in [5, 5.41) is 2.44. The Morgan fingerprint density at radius 1 is 1.15 bits per heavy atom. The van der Waals surface area contributed by atoms with Crippen LogP contribution in [0.25, 0.3) is 0 Å². The van der Waals surface area contributed by atoms with E-state index in [2.05, 4.69) is 5.32 Å². The fraction of sp³-hybridized carbons (Fsp3) is 0.111. The van der Waals surface area contributed by atoms with E-state index >= 15 is 0 Å². The molecule has 1 aliphatic heterocycles. The number of ketones is 1. The average Bonchev–Trinajstić information content (AvgIpc) is 2.88. The molecule has 0 bridgehead atoms. The zero-order chi connectivity index (χ0) is 19.6. The number of carbonyl (C=O) groups excluding carboxylic acids is 4. The largest absolute Gasteiger partial charge is 0.454 e. The molecule has 0 fully saturated rings. The van der Waals surface area contributed by atoms with E-state index in [0.717, 1.165) is 11.0 Å². The number of amides is 2. The number of benzene rings is 2. The number of nitrogens with zero attached hydrogens (tertiary/aromatic N) is 1. The van der Waals surface area contributed by atoms with Crippen LogP contribution in [0.15, 0.2) is 42.5 Å². The number of carbonyl (C=O) groups is 4. The SMILES string of the molecule is O=C(COC(=O)CN1C(=O)C(=O)c2ccccc21)Nc1cc(Cl)ccc1F. The number of ether oxygens (including phenoxy) is 1. The van der Waals surface area contributed by atoms with Crippen LogP contribution in [0.3, 0.4) is 0 Å².